The maximum atomic E-state index is 12.5. The monoisotopic (exact) mass is 528 g/mol. The number of aliphatic hydroxyl groups excluding tert-OH is 3. The summed E-state index contributed by atoms with van der Waals surface area (Å²) in [7, 11) is 0. The zero-order valence-corrected chi connectivity index (χ0v) is 21.5. The first kappa shape index (κ1) is 30.2. The van der Waals surface area contributed by atoms with E-state index >= 15 is 0 Å². The summed E-state index contributed by atoms with van der Waals surface area (Å²) in [6.45, 7) is 8.28. The van der Waals surface area contributed by atoms with E-state index in [4.69, 9.17) is 14.2 Å². The van der Waals surface area contributed by atoms with E-state index in [0.717, 1.165) is 4.57 Å². The van der Waals surface area contributed by atoms with Crippen LogP contribution < -0.4 is 16.3 Å². The second kappa shape index (κ2) is 12.9. The van der Waals surface area contributed by atoms with Crippen LogP contribution in [0.4, 0.5) is 10.6 Å². The highest BCUT2D eigenvalue weighted by Crippen LogP contribution is 2.28. The van der Waals surface area contributed by atoms with Gasteiger partial charge in [-0.3, -0.25) is 9.36 Å². The molecule has 1 saturated heterocycles. The molecule has 2 rings (SSSR count). The quantitative estimate of drug-likeness (QED) is 0.249. The van der Waals surface area contributed by atoms with E-state index in [0.29, 0.717) is 0 Å². The van der Waals surface area contributed by atoms with Crippen LogP contribution in [0.1, 0.15) is 53.7 Å². The highest BCUT2D eigenvalue weighted by atomic mass is 16.6. The topological polar surface area (TPSA) is 199 Å². The third-order valence-electron chi connectivity index (χ3n) is 5.08. The van der Waals surface area contributed by atoms with Crippen molar-refractivity contribution < 1.29 is 43.9 Å². The van der Waals surface area contributed by atoms with E-state index in [9.17, 15) is 34.5 Å². The Balaban J connectivity index is 2.01. The van der Waals surface area contributed by atoms with Crippen molar-refractivity contribution in [2.45, 2.75) is 83.6 Å². The average molecular weight is 529 g/mol. The second-order valence-corrected chi connectivity index (χ2v) is 10.0. The van der Waals surface area contributed by atoms with Gasteiger partial charge in [-0.2, -0.15) is 4.98 Å². The van der Waals surface area contributed by atoms with Crippen LogP contribution in [0.25, 0.3) is 0 Å². The van der Waals surface area contributed by atoms with Crippen molar-refractivity contribution in [1.82, 2.24) is 14.9 Å². The van der Waals surface area contributed by atoms with Crippen LogP contribution >= 0.6 is 0 Å². The molecule has 1 aliphatic heterocycles. The SMILES string of the molecule is CC(C)COC(=O)C(CCC(=O)Nc1ccn([C@@H]2O[C@H](CO)[C@H](O)C2O)c(=O)n1)NC(=O)OC(C)(C)C. The summed E-state index contributed by atoms with van der Waals surface area (Å²) in [6.07, 6.45) is -5.17. The molecule has 37 heavy (non-hydrogen) atoms. The van der Waals surface area contributed by atoms with Gasteiger partial charge in [-0.1, -0.05) is 13.8 Å². The Kier molecular flexibility index (Phi) is 10.5. The molecule has 2 unspecified atom stereocenters. The Morgan fingerprint density at radius 1 is 1.22 bits per heavy atom. The summed E-state index contributed by atoms with van der Waals surface area (Å²) >= 11 is 0. The minimum atomic E-state index is -1.47. The molecule has 14 nitrogen and oxygen atoms in total. The van der Waals surface area contributed by atoms with E-state index in [1.54, 1.807) is 20.8 Å². The number of aliphatic hydroxyl groups is 3. The van der Waals surface area contributed by atoms with Crippen molar-refractivity contribution in [2.24, 2.45) is 5.92 Å². The lowest BCUT2D eigenvalue weighted by atomic mass is 10.1. The average Bonchev–Trinajstić information content (AvgIpc) is 3.07. The van der Waals surface area contributed by atoms with Gasteiger partial charge in [0.15, 0.2) is 6.23 Å². The third kappa shape index (κ3) is 9.07. The zero-order valence-electron chi connectivity index (χ0n) is 21.5. The van der Waals surface area contributed by atoms with Gasteiger partial charge in [0.25, 0.3) is 0 Å². The van der Waals surface area contributed by atoms with Gasteiger partial charge in [-0.25, -0.2) is 14.4 Å². The normalized spacial score (nSPS) is 22.4. The molecule has 0 aliphatic carbocycles. The van der Waals surface area contributed by atoms with E-state index in [1.165, 1.54) is 12.3 Å². The van der Waals surface area contributed by atoms with Gasteiger partial charge < -0.3 is 40.2 Å². The van der Waals surface area contributed by atoms with Crippen LogP contribution in [-0.2, 0) is 23.8 Å². The predicted molar refractivity (Wildman–Crippen MR) is 128 cm³/mol. The molecular formula is C23H36N4O10. The number of aromatic nitrogens is 2. The minimum absolute atomic E-state index is 0.0659. The molecule has 1 aromatic rings. The van der Waals surface area contributed by atoms with E-state index in [2.05, 4.69) is 15.6 Å². The molecule has 0 saturated carbocycles. The van der Waals surface area contributed by atoms with Crippen molar-refractivity contribution in [3.8, 4) is 0 Å². The Morgan fingerprint density at radius 2 is 1.89 bits per heavy atom. The molecule has 208 valence electrons. The fraction of sp³-hybridized carbons (Fsp3) is 0.696. The van der Waals surface area contributed by atoms with Crippen LogP contribution in [-0.4, -0.2) is 86.0 Å². The van der Waals surface area contributed by atoms with Crippen molar-refractivity contribution in [1.29, 1.82) is 0 Å². The Morgan fingerprint density at radius 3 is 2.43 bits per heavy atom. The minimum Gasteiger partial charge on any atom is -0.464 e. The lowest BCUT2D eigenvalue weighted by Gasteiger charge is -2.23. The number of alkyl carbamates (subject to hydrolysis) is 1. The molecule has 14 heteroatoms. The number of carbonyl (C=O) groups excluding carboxylic acids is 3. The fourth-order valence-electron chi connectivity index (χ4n) is 3.31. The van der Waals surface area contributed by atoms with Gasteiger partial charge >= 0.3 is 17.8 Å². The number of hydrogen-bond donors (Lipinski definition) is 5. The number of anilines is 1. The Labute approximate surface area is 213 Å². The van der Waals surface area contributed by atoms with Crippen molar-refractivity contribution in [3.63, 3.8) is 0 Å². The van der Waals surface area contributed by atoms with E-state index in [1.807, 2.05) is 13.8 Å². The number of nitrogens with one attached hydrogen (secondary N) is 2. The molecule has 0 spiro atoms. The molecule has 5 atom stereocenters. The third-order valence-corrected chi connectivity index (χ3v) is 5.08. The molecule has 5 N–H and O–H groups in total. The molecule has 2 heterocycles. The van der Waals surface area contributed by atoms with Gasteiger partial charge in [0.2, 0.25) is 5.91 Å². The predicted octanol–water partition coefficient (Wildman–Crippen LogP) is -0.334. The standard InChI is InChI=1S/C23H36N4O10/c1-12(2)11-35-20(32)13(24-22(34)37-23(3,4)5)6-7-16(29)25-15-8-9-27(21(33)26-15)19-18(31)17(30)14(10-28)36-19/h8-9,12-14,17-19,28,30-31H,6-7,10-11H2,1-5H3,(H,24,34)(H,25,26,29,33)/t13?,14-,17+,18?,19-/m1/s1. The summed E-state index contributed by atoms with van der Waals surface area (Å²) in [5.41, 5.74) is -1.68. The molecule has 2 amide bonds. The first-order valence-corrected chi connectivity index (χ1v) is 11.9. The number of carbonyl (C=O) groups is 3. The molecule has 0 aromatic carbocycles. The van der Waals surface area contributed by atoms with Crippen LogP contribution in [0.5, 0.6) is 0 Å². The fourth-order valence-corrected chi connectivity index (χ4v) is 3.31. The maximum Gasteiger partial charge on any atom is 0.408 e. The maximum absolute atomic E-state index is 12.5. The van der Waals surface area contributed by atoms with Gasteiger partial charge in [-0.15, -0.1) is 0 Å². The van der Waals surface area contributed by atoms with Crippen LogP contribution in [0.3, 0.4) is 0 Å². The van der Waals surface area contributed by atoms with Gasteiger partial charge in [-0.05, 0) is 39.2 Å². The summed E-state index contributed by atoms with van der Waals surface area (Å²) in [6, 6.07) is 0.133. The summed E-state index contributed by atoms with van der Waals surface area (Å²) in [4.78, 5) is 53.2. The summed E-state index contributed by atoms with van der Waals surface area (Å²) < 4.78 is 16.6. The zero-order chi connectivity index (χ0) is 27.9. The first-order chi connectivity index (χ1) is 17.2. The van der Waals surface area contributed by atoms with Crippen LogP contribution in [0, 0.1) is 5.92 Å². The van der Waals surface area contributed by atoms with Gasteiger partial charge in [0.05, 0.1) is 13.2 Å². The molecule has 1 aromatic heterocycles. The van der Waals surface area contributed by atoms with E-state index < -0.39 is 66.4 Å². The first-order valence-electron chi connectivity index (χ1n) is 11.9. The number of esters is 1. The molecule has 1 aliphatic rings. The Bertz CT molecular complexity index is 1010. The summed E-state index contributed by atoms with van der Waals surface area (Å²) in [5, 5.41) is 34.0. The van der Waals surface area contributed by atoms with Gasteiger partial charge in [0.1, 0.15) is 35.8 Å². The van der Waals surface area contributed by atoms with Crippen LogP contribution in [0.2, 0.25) is 0 Å². The van der Waals surface area contributed by atoms with Crippen molar-refractivity contribution in [2.75, 3.05) is 18.5 Å². The van der Waals surface area contributed by atoms with Gasteiger partial charge in [0, 0.05) is 12.6 Å². The number of rotatable bonds is 10. The van der Waals surface area contributed by atoms with Crippen molar-refractivity contribution in [3.05, 3.63) is 22.7 Å². The smallest absolute Gasteiger partial charge is 0.408 e. The number of nitrogens with zero attached hydrogens (tertiary/aromatic N) is 2. The second-order valence-electron chi connectivity index (χ2n) is 10.0. The molecular weight excluding hydrogens is 492 g/mol. The number of ether oxygens (including phenoxy) is 3. The molecule has 0 bridgehead atoms. The lowest BCUT2D eigenvalue weighted by Crippen LogP contribution is -2.45. The lowest BCUT2D eigenvalue weighted by molar-refractivity contribution is -0.147. The number of hydrogen-bond acceptors (Lipinski definition) is 11. The Hall–Kier alpha value is -3.07. The van der Waals surface area contributed by atoms with Crippen LogP contribution in [0.15, 0.2) is 17.1 Å². The van der Waals surface area contributed by atoms with Crippen molar-refractivity contribution >= 4 is 23.8 Å². The van der Waals surface area contributed by atoms with E-state index in [-0.39, 0.29) is 31.2 Å². The highest BCUT2D eigenvalue weighted by molar-refractivity contribution is 5.90. The number of amides is 2. The molecule has 0 radical (unpaired) electrons. The molecule has 1 fully saturated rings. The summed E-state index contributed by atoms with van der Waals surface area (Å²) in [5.74, 6) is -1.34. The largest absolute Gasteiger partial charge is 0.464 e. The highest BCUT2D eigenvalue weighted by Gasteiger charge is 2.43.